The van der Waals surface area contributed by atoms with E-state index in [0.717, 1.165) is 44.5 Å². The molecule has 0 spiro atoms. The summed E-state index contributed by atoms with van der Waals surface area (Å²) in [5.74, 6) is 0.408. The second kappa shape index (κ2) is 7.31. The quantitative estimate of drug-likeness (QED) is 0.778. The number of rotatable bonds is 2. The number of likely N-dealkylation sites (tertiary alicyclic amines) is 1. The topological polar surface area (TPSA) is 82.8 Å². The van der Waals surface area contributed by atoms with Crippen LogP contribution in [0.15, 0.2) is 10.6 Å². The van der Waals surface area contributed by atoms with Gasteiger partial charge in [0, 0.05) is 50.9 Å². The molecule has 2 aliphatic heterocycles. The van der Waals surface area contributed by atoms with Crippen molar-refractivity contribution in [1.82, 2.24) is 24.8 Å². The maximum absolute atomic E-state index is 13.4. The Morgan fingerprint density at radius 3 is 2.31 bits per heavy atom. The van der Waals surface area contributed by atoms with Crippen molar-refractivity contribution in [1.29, 1.82) is 0 Å². The van der Waals surface area contributed by atoms with E-state index < -0.39 is 0 Å². The summed E-state index contributed by atoms with van der Waals surface area (Å²) in [5, 5.41) is 4.74. The maximum atomic E-state index is 13.4. The monoisotopic (exact) mass is 397 g/mol. The molecule has 3 amide bonds. The summed E-state index contributed by atoms with van der Waals surface area (Å²) in [4.78, 5) is 36.3. The Balaban J connectivity index is 1.32. The fourth-order valence-corrected chi connectivity index (χ4v) is 4.43. The number of aromatic nitrogens is 2. The summed E-state index contributed by atoms with van der Waals surface area (Å²) in [7, 11) is 0. The zero-order valence-corrected chi connectivity index (χ0v) is 16.9. The Bertz CT molecular complexity index is 937. The number of pyridine rings is 1. The molecule has 29 heavy (non-hydrogen) atoms. The highest BCUT2D eigenvalue weighted by atomic mass is 16.5. The highest BCUT2D eigenvalue weighted by molar-refractivity contribution is 6.06. The van der Waals surface area contributed by atoms with Crippen LogP contribution in [0.3, 0.4) is 0 Å². The number of carbonyl (C=O) groups is 2. The van der Waals surface area contributed by atoms with Gasteiger partial charge < -0.3 is 19.2 Å². The molecular weight excluding hydrogens is 370 g/mol. The minimum Gasteiger partial charge on any atom is -0.336 e. The molecule has 0 radical (unpaired) electrons. The summed E-state index contributed by atoms with van der Waals surface area (Å²) in [6.45, 7) is 5.79. The molecule has 0 N–H and O–H groups in total. The molecule has 5 rings (SSSR count). The van der Waals surface area contributed by atoms with E-state index in [-0.39, 0.29) is 11.9 Å². The first-order chi connectivity index (χ1) is 14.1. The van der Waals surface area contributed by atoms with Crippen LogP contribution in [0.5, 0.6) is 0 Å². The van der Waals surface area contributed by atoms with E-state index in [1.165, 1.54) is 6.42 Å². The van der Waals surface area contributed by atoms with Gasteiger partial charge in [-0.15, -0.1) is 0 Å². The number of hydrogen-bond donors (Lipinski definition) is 0. The predicted octanol–water partition coefficient (Wildman–Crippen LogP) is 2.77. The fourth-order valence-electron chi connectivity index (χ4n) is 4.43. The zero-order chi connectivity index (χ0) is 20.0. The molecule has 8 nitrogen and oxygen atoms in total. The lowest BCUT2D eigenvalue weighted by atomic mass is 10.1. The smallest absolute Gasteiger partial charge is 0.320 e. The zero-order valence-electron chi connectivity index (χ0n) is 16.9. The van der Waals surface area contributed by atoms with Gasteiger partial charge in [0.05, 0.1) is 16.6 Å². The van der Waals surface area contributed by atoms with Crippen LogP contribution in [0, 0.1) is 6.92 Å². The average molecular weight is 397 g/mol. The number of hydrogen-bond acceptors (Lipinski definition) is 5. The van der Waals surface area contributed by atoms with Crippen LogP contribution in [-0.2, 0) is 0 Å². The molecule has 2 aromatic heterocycles. The maximum Gasteiger partial charge on any atom is 0.320 e. The first-order valence-electron chi connectivity index (χ1n) is 10.7. The lowest BCUT2D eigenvalue weighted by molar-refractivity contribution is 0.0634. The van der Waals surface area contributed by atoms with Gasteiger partial charge in [-0.3, -0.25) is 4.79 Å². The van der Waals surface area contributed by atoms with E-state index in [0.29, 0.717) is 54.5 Å². The Morgan fingerprint density at radius 2 is 1.62 bits per heavy atom. The van der Waals surface area contributed by atoms with Crippen LogP contribution in [0.4, 0.5) is 4.79 Å². The van der Waals surface area contributed by atoms with Crippen molar-refractivity contribution in [3.8, 4) is 0 Å². The van der Waals surface area contributed by atoms with E-state index >= 15 is 0 Å². The van der Waals surface area contributed by atoms with Crippen molar-refractivity contribution >= 4 is 23.0 Å². The number of aryl methyl sites for hydroxylation is 1. The third kappa shape index (κ3) is 3.45. The largest absolute Gasteiger partial charge is 0.336 e. The van der Waals surface area contributed by atoms with E-state index in [1.807, 2.05) is 27.7 Å². The second-order valence-corrected chi connectivity index (χ2v) is 8.43. The standard InChI is InChI=1S/C21H27N5O3/c1-14-18-16(13-17(15-5-6-15)22-19(18)29-23-14)20(27)24-9-11-26(12-10-24)21(28)25-7-3-2-4-8-25/h13,15H,2-12H2,1H3. The molecule has 0 unspecified atom stereocenters. The van der Waals surface area contributed by atoms with Gasteiger partial charge in [-0.1, -0.05) is 5.16 Å². The minimum atomic E-state index is -0.0179. The molecule has 4 heterocycles. The molecule has 1 saturated carbocycles. The average Bonchev–Trinajstić information content (AvgIpc) is 3.56. The first-order valence-corrected chi connectivity index (χ1v) is 10.7. The number of carbonyl (C=O) groups excluding carboxylic acids is 2. The molecule has 0 bridgehead atoms. The van der Waals surface area contributed by atoms with Crippen LogP contribution in [0.2, 0.25) is 0 Å². The van der Waals surface area contributed by atoms with Crippen LogP contribution >= 0.6 is 0 Å². The van der Waals surface area contributed by atoms with E-state index in [9.17, 15) is 9.59 Å². The third-order valence-electron chi connectivity index (χ3n) is 6.33. The summed E-state index contributed by atoms with van der Waals surface area (Å²) in [5.41, 5.74) is 2.70. The molecule has 0 aromatic carbocycles. The first kappa shape index (κ1) is 18.4. The Labute approximate surface area is 169 Å². The van der Waals surface area contributed by atoms with Gasteiger partial charge in [0.2, 0.25) is 0 Å². The predicted molar refractivity (Wildman–Crippen MR) is 107 cm³/mol. The van der Waals surface area contributed by atoms with Gasteiger partial charge in [0.25, 0.3) is 11.6 Å². The van der Waals surface area contributed by atoms with E-state index in [2.05, 4.69) is 10.1 Å². The molecule has 0 atom stereocenters. The lowest BCUT2D eigenvalue weighted by Crippen LogP contribution is -2.54. The highest BCUT2D eigenvalue weighted by Gasteiger charge is 2.32. The van der Waals surface area contributed by atoms with Crippen LogP contribution in [0.1, 0.15) is 59.8 Å². The summed E-state index contributed by atoms with van der Waals surface area (Å²) < 4.78 is 5.37. The molecule has 2 saturated heterocycles. The number of nitrogens with zero attached hydrogens (tertiary/aromatic N) is 5. The van der Waals surface area contributed by atoms with Crippen molar-refractivity contribution in [2.75, 3.05) is 39.3 Å². The van der Waals surface area contributed by atoms with Crippen molar-refractivity contribution in [2.45, 2.75) is 44.9 Å². The van der Waals surface area contributed by atoms with Gasteiger partial charge >= 0.3 is 6.03 Å². The van der Waals surface area contributed by atoms with Gasteiger partial charge in [0.1, 0.15) is 0 Å². The molecule has 2 aromatic rings. The van der Waals surface area contributed by atoms with Gasteiger partial charge in [-0.05, 0) is 45.1 Å². The molecule has 3 aliphatic rings. The van der Waals surface area contributed by atoms with E-state index in [1.54, 1.807) is 0 Å². The van der Waals surface area contributed by atoms with Crippen molar-refractivity contribution in [2.24, 2.45) is 0 Å². The number of fused-ring (bicyclic) bond motifs is 1. The van der Waals surface area contributed by atoms with E-state index in [4.69, 9.17) is 4.52 Å². The summed E-state index contributed by atoms with van der Waals surface area (Å²) in [6.07, 6.45) is 5.60. The summed E-state index contributed by atoms with van der Waals surface area (Å²) >= 11 is 0. The number of piperazine rings is 1. The highest BCUT2D eigenvalue weighted by Crippen LogP contribution is 2.40. The SMILES string of the molecule is Cc1noc2nc(C3CC3)cc(C(=O)N3CCN(C(=O)N4CCCCC4)CC3)c12. The minimum absolute atomic E-state index is 0.0179. The molecule has 1 aliphatic carbocycles. The number of urea groups is 1. The normalized spacial score (nSPS) is 20.4. The number of piperidine rings is 1. The molecule has 154 valence electrons. The molecular formula is C21H27N5O3. The fraction of sp³-hybridized carbons (Fsp3) is 0.619. The second-order valence-electron chi connectivity index (χ2n) is 8.43. The van der Waals surface area contributed by atoms with Gasteiger partial charge in [0.15, 0.2) is 0 Å². The molecule has 3 fully saturated rings. The van der Waals surface area contributed by atoms with Crippen molar-refractivity contribution in [3.63, 3.8) is 0 Å². The van der Waals surface area contributed by atoms with Crippen molar-refractivity contribution < 1.29 is 14.1 Å². The van der Waals surface area contributed by atoms with Gasteiger partial charge in [-0.2, -0.15) is 0 Å². The molecule has 8 heteroatoms. The third-order valence-corrected chi connectivity index (χ3v) is 6.33. The Kier molecular flexibility index (Phi) is 4.64. The van der Waals surface area contributed by atoms with Crippen LogP contribution < -0.4 is 0 Å². The summed E-state index contributed by atoms with van der Waals surface area (Å²) in [6, 6.07) is 2.05. The Hall–Kier alpha value is -2.64. The van der Waals surface area contributed by atoms with Crippen molar-refractivity contribution in [3.05, 3.63) is 23.0 Å². The van der Waals surface area contributed by atoms with Crippen LogP contribution in [-0.4, -0.2) is 76.0 Å². The Morgan fingerprint density at radius 1 is 0.966 bits per heavy atom. The van der Waals surface area contributed by atoms with Crippen LogP contribution in [0.25, 0.3) is 11.1 Å². The number of amides is 3. The lowest BCUT2D eigenvalue weighted by Gasteiger charge is -2.38. The van der Waals surface area contributed by atoms with Gasteiger partial charge in [-0.25, -0.2) is 9.78 Å².